The maximum absolute atomic E-state index is 6.44. The van der Waals surface area contributed by atoms with Crippen LogP contribution in [0.1, 0.15) is 51.0 Å². The van der Waals surface area contributed by atoms with Gasteiger partial charge in [0.05, 0.1) is 5.69 Å². The fourth-order valence-electron chi connectivity index (χ4n) is 7.99. The van der Waals surface area contributed by atoms with Gasteiger partial charge in [-0.1, -0.05) is 97.1 Å². The van der Waals surface area contributed by atoms with Crippen molar-refractivity contribution in [1.29, 1.82) is 0 Å². The number of para-hydroxylation sites is 1. The summed E-state index contributed by atoms with van der Waals surface area (Å²) in [6.07, 6.45) is 9.14. The number of aromatic nitrogens is 1. The summed E-state index contributed by atoms with van der Waals surface area (Å²) in [5.74, 6) is 1.87. The second-order valence-electron chi connectivity index (χ2n) is 12.1. The third-order valence-electron chi connectivity index (χ3n) is 9.96. The van der Waals surface area contributed by atoms with Gasteiger partial charge in [-0.05, 0) is 65.1 Å². The summed E-state index contributed by atoms with van der Waals surface area (Å²) in [5, 5.41) is 2.40. The summed E-state index contributed by atoms with van der Waals surface area (Å²) in [6.45, 7) is 0. The van der Waals surface area contributed by atoms with Gasteiger partial charge in [0, 0.05) is 44.4 Å². The molecule has 0 bridgehead atoms. The summed E-state index contributed by atoms with van der Waals surface area (Å²) in [5.41, 5.74) is 16.1. The average molecular weight is 558 g/mol. The first-order valence-electron chi connectivity index (χ1n) is 15.0. The van der Waals surface area contributed by atoms with Gasteiger partial charge >= 0.3 is 0 Å². The average Bonchev–Trinajstić information content (AvgIpc) is 3.75. The normalized spacial score (nSPS) is 19.3. The van der Waals surface area contributed by atoms with Gasteiger partial charge in [0.15, 0.2) is 0 Å². The van der Waals surface area contributed by atoms with E-state index >= 15 is 0 Å². The predicted molar refractivity (Wildman–Crippen MR) is 172 cm³/mol. The van der Waals surface area contributed by atoms with Crippen LogP contribution < -0.4 is 0 Å². The number of benzene rings is 4. The lowest BCUT2D eigenvalue weighted by atomic mass is 9.79. The topological polar surface area (TPSA) is 26.0 Å². The van der Waals surface area contributed by atoms with Crippen LogP contribution in [0.2, 0.25) is 0 Å². The zero-order valence-corrected chi connectivity index (χ0v) is 23.9. The highest BCUT2D eigenvalue weighted by atomic mass is 32.1. The smallest absolute Gasteiger partial charge is 0.138 e. The lowest BCUT2D eigenvalue weighted by Crippen LogP contribution is -2.10. The molecule has 3 heteroatoms. The van der Waals surface area contributed by atoms with Crippen LogP contribution in [0.4, 0.5) is 0 Å². The minimum Gasteiger partial charge on any atom is -0.456 e. The maximum Gasteiger partial charge on any atom is 0.138 e. The van der Waals surface area contributed by atoms with Crippen molar-refractivity contribution in [2.75, 3.05) is 0 Å². The zero-order valence-electron chi connectivity index (χ0n) is 23.1. The van der Waals surface area contributed by atoms with Gasteiger partial charge in [-0.15, -0.1) is 11.3 Å². The summed E-state index contributed by atoms with van der Waals surface area (Å²) in [7, 11) is 0. The molecule has 2 heterocycles. The molecule has 4 aliphatic rings. The Balaban J connectivity index is 0.968. The van der Waals surface area contributed by atoms with Crippen LogP contribution in [0.3, 0.4) is 0 Å². The fraction of sp³-hybridized carbons (Fsp3) is 0.154. The number of nitrogens with zero attached hydrogens (tertiary/aromatic N) is 1. The fourth-order valence-corrected chi connectivity index (χ4v) is 9.07. The molecule has 2 unspecified atom stereocenters. The number of allylic oxidation sites excluding steroid dienone is 4. The molecular weight excluding hydrogens is 531 g/mol. The van der Waals surface area contributed by atoms with Gasteiger partial charge in [0.2, 0.25) is 0 Å². The largest absolute Gasteiger partial charge is 0.456 e. The van der Waals surface area contributed by atoms with Crippen molar-refractivity contribution in [1.82, 2.24) is 4.98 Å². The van der Waals surface area contributed by atoms with E-state index in [1.807, 2.05) is 11.3 Å². The Labute approximate surface area is 248 Å². The van der Waals surface area contributed by atoms with Crippen molar-refractivity contribution in [2.24, 2.45) is 0 Å². The van der Waals surface area contributed by atoms with Gasteiger partial charge < -0.3 is 4.42 Å². The van der Waals surface area contributed by atoms with E-state index in [-0.39, 0.29) is 0 Å². The van der Waals surface area contributed by atoms with E-state index in [2.05, 4.69) is 103 Å². The number of hydrogen-bond donors (Lipinski definition) is 0. The highest BCUT2D eigenvalue weighted by molar-refractivity contribution is 7.15. The minimum atomic E-state index is 0.377. The molecule has 0 aliphatic heterocycles. The van der Waals surface area contributed by atoms with Gasteiger partial charge in [0.1, 0.15) is 16.4 Å². The first kappa shape index (κ1) is 23.1. The molecule has 0 N–H and O–H groups in total. The Morgan fingerprint density at radius 1 is 0.762 bits per heavy atom. The lowest BCUT2D eigenvalue weighted by molar-refractivity contribution is 0.616. The lowest BCUT2D eigenvalue weighted by Gasteiger charge is -2.24. The van der Waals surface area contributed by atoms with Gasteiger partial charge in [-0.2, -0.15) is 0 Å². The molecule has 0 radical (unpaired) electrons. The van der Waals surface area contributed by atoms with Crippen LogP contribution in [0.5, 0.6) is 0 Å². The van der Waals surface area contributed by atoms with Crippen molar-refractivity contribution in [3.63, 3.8) is 0 Å². The van der Waals surface area contributed by atoms with Crippen LogP contribution >= 0.6 is 11.3 Å². The number of rotatable bonds is 2. The molecule has 4 aromatic carbocycles. The third-order valence-corrected chi connectivity index (χ3v) is 11.1. The van der Waals surface area contributed by atoms with Crippen LogP contribution in [-0.2, 0) is 19.3 Å². The molecule has 2 atom stereocenters. The number of furan rings is 1. The summed E-state index contributed by atoms with van der Waals surface area (Å²) in [4.78, 5) is 6.55. The molecule has 4 aliphatic carbocycles. The summed E-state index contributed by atoms with van der Waals surface area (Å²) in [6, 6.07) is 33.3. The van der Waals surface area contributed by atoms with Crippen LogP contribution in [0.25, 0.3) is 49.7 Å². The minimum absolute atomic E-state index is 0.377. The van der Waals surface area contributed by atoms with E-state index in [0.29, 0.717) is 11.8 Å². The van der Waals surface area contributed by atoms with Crippen LogP contribution in [0, 0.1) is 0 Å². The van der Waals surface area contributed by atoms with Gasteiger partial charge in [0.25, 0.3) is 0 Å². The molecule has 2 aromatic heterocycles. The Bertz CT molecular complexity index is 2150. The molecule has 0 spiro atoms. The molecule has 0 saturated carbocycles. The Morgan fingerprint density at radius 2 is 1.60 bits per heavy atom. The summed E-state index contributed by atoms with van der Waals surface area (Å²) >= 11 is 1.86. The third kappa shape index (κ3) is 3.17. The van der Waals surface area contributed by atoms with E-state index in [9.17, 15) is 0 Å². The number of hydrogen-bond acceptors (Lipinski definition) is 3. The van der Waals surface area contributed by atoms with Crippen molar-refractivity contribution >= 4 is 27.9 Å². The molecule has 0 amide bonds. The van der Waals surface area contributed by atoms with E-state index in [1.165, 1.54) is 71.6 Å². The Kier molecular flexibility index (Phi) is 4.70. The monoisotopic (exact) mass is 557 g/mol. The molecular formula is C39H27NOS. The highest BCUT2D eigenvalue weighted by Crippen LogP contribution is 2.57. The van der Waals surface area contributed by atoms with E-state index in [0.717, 1.165) is 42.0 Å². The molecule has 6 aromatic rings. The Hall–Kier alpha value is -4.47. The summed E-state index contributed by atoms with van der Waals surface area (Å²) < 4.78 is 6.44. The maximum atomic E-state index is 6.44. The molecule has 200 valence electrons. The van der Waals surface area contributed by atoms with Crippen LogP contribution in [0.15, 0.2) is 113 Å². The van der Waals surface area contributed by atoms with E-state index in [1.54, 1.807) is 0 Å². The number of fused-ring (bicyclic) bond motifs is 9. The molecule has 10 rings (SSSR count). The van der Waals surface area contributed by atoms with Gasteiger partial charge in [-0.25, -0.2) is 4.98 Å². The quantitative estimate of drug-likeness (QED) is 0.212. The predicted octanol–water partition coefficient (Wildman–Crippen LogP) is 10.1. The van der Waals surface area contributed by atoms with Crippen molar-refractivity contribution in [3.05, 3.63) is 141 Å². The van der Waals surface area contributed by atoms with E-state index in [4.69, 9.17) is 9.40 Å². The molecule has 0 fully saturated rings. The number of thiazole rings is 1. The molecule has 42 heavy (non-hydrogen) atoms. The second kappa shape index (κ2) is 8.53. The molecule has 0 saturated heterocycles. The highest BCUT2D eigenvalue weighted by Gasteiger charge is 2.40. The zero-order chi connectivity index (χ0) is 27.4. The first-order valence-corrected chi connectivity index (χ1v) is 15.9. The number of aryl methyl sites for hydroxylation is 2. The van der Waals surface area contributed by atoms with Crippen molar-refractivity contribution < 1.29 is 4.42 Å². The first-order chi connectivity index (χ1) is 20.8. The van der Waals surface area contributed by atoms with E-state index < -0.39 is 0 Å². The van der Waals surface area contributed by atoms with Crippen molar-refractivity contribution in [2.45, 2.75) is 37.5 Å². The SMILES string of the molecule is C1=CC(c2ccc(-c3nc4c(s3)CCc3ccccc3-4)cc2)CC2=C1C1Cc3c(oc4ccccc34)-c3cccc2c31. The Morgan fingerprint density at radius 3 is 2.55 bits per heavy atom. The van der Waals surface area contributed by atoms with Crippen LogP contribution in [-0.4, -0.2) is 4.98 Å². The standard InChI is InChI=1S/C39H27NOS/c1-2-7-26-23(6-1)17-19-35-37(26)40-39(42-35)24-14-12-22(13-15-24)25-16-18-27-31(20-25)29-9-5-10-30-36(29)32(27)21-33-28-8-3-4-11-34(28)41-38(30)33/h1-16,18,25,32H,17,19-21H2. The van der Waals surface area contributed by atoms with Gasteiger partial charge in [-0.3, -0.25) is 0 Å². The second-order valence-corrected chi connectivity index (χ2v) is 13.2. The van der Waals surface area contributed by atoms with Crippen molar-refractivity contribution in [3.8, 4) is 33.2 Å². The molecule has 2 nitrogen and oxygen atoms in total.